The fraction of sp³-hybridized carbons (Fsp3) is 0.250. The monoisotopic (exact) mass is 187 g/mol. The summed E-state index contributed by atoms with van der Waals surface area (Å²) < 4.78 is 0. The van der Waals surface area contributed by atoms with Crippen LogP contribution in [0.2, 0.25) is 0 Å². The Hall–Kier alpha value is -1.57. The minimum atomic E-state index is 0.227. The van der Waals surface area contributed by atoms with Crippen molar-refractivity contribution < 1.29 is 4.79 Å². The summed E-state index contributed by atoms with van der Waals surface area (Å²) in [5, 5.41) is 3.26. The van der Waals surface area contributed by atoms with Gasteiger partial charge in [0.05, 0.1) is 0 Å². The van der Waals surface area contributed by atoms with Gasteiger partial charge >= 0.3 is 0 Å². The first kappa shape index (κ1) is 9.00. The van der Waals surface area contributed by atoms with Crippen LogP contribution in [-0.2, 0) is 0 Å². The van der Waals surface area contributed by atoms with Crippen molar-refractivity contribution in [2.24, 2.45) is 0 Å². The van der Waals surface area contributed by atoms with Gasteiger partial charge < -0.3 is 5.32 Å². The molecule has 0 saturated heterocycles. The summed E-state index contributed by atoms with van der Waals surface area (Å²) in [5.74, 6) is 0.227. The van der Waals surface area contributed by atoms with E-state index in [-0.39, 0.29) is 5.78 Å². The third-order valence-corrected chi connectivity index (χ3v) is 2.55. The summed E-state index contributed by atoms with van der Waals surface area (Å²) in [6.45, 7) is 6.48. The topological polar surface area (TPSA) is 29.1 Å². The maximum Gasteiger partial charge on any atom is 0.166 e. The molecule has 0 radical (unpaired) electrons. The number of hydrogen-bond acceptors (Lipinski definition) is 2. The number of ketones is 1. The molecule has 14 heavy (non-hydrogen) atoms. The predicted molar refractivity (Wildman–Crippen MR) is 58.7 cm³/mol. The number of rotatable bonds is 1. The van der Waals surface area contributed by atoms with Gasteiger partial charge in [-0.15, -0.1) is 0 Å². The Labute approximate surface area is 83.6 Å². The van der Waals surface area contributed by atoms with E-state index in [2.05, 4.69) is 11.9 Å². The summed E-state index contributed by atoms with van der Waals surface area (Å²) in [7, 11) is 0. The van der Waals surface area contributed by atoms with E-state index in [0.29, 0.717) is 6.42 Å². The molecule has 1 N–H and O–H groups in total. The Kier molecular flexibility index (Phi) is 2.12. The first-order valence-electron chi connectivity index (χ1n) is 4.76. The van der Waals surface area contributed by atoms with Crippen LogP contribution in [-0.4, -0.2) is 12.3 Å². The van der Waals surface area contributed by atoms with Crippen molar-refractivity contribution >= 4 is 17.5 Å². The van der Waals surface area contributed by atoms with Crippen molar-refractivity contribution in [1.29, 1.82) is 0 Å². The highest BCUT2D eigenvalue weighted by Crippen LogP contribution is 2.27. The molecule has 0 amide bonds. The average Bonchev–Trinajstić information content (AvgIpc) is 2.19. The van der Waals surface area contributed by atoms with E-state index in [9.17, 15) is 4.79 Å². The molecule has 0 bridgehead atoms. The summed E-state index contributed by atoms with van der Waals surface area (Å²) in [5.41, 5.74) is 3.93. The second-order valence-electron chi connectivity index (χ2n) is 3.56. The van der Waals surface area contributed by atoms with E-state index in [1.807, 2.05) is 19.1 Å². The van der Waals surface area contributed by atoms with Gasteiger partial charge in [-0.2, -0.15) is 0 Å². The van der Waals surface area contributed by atoms with Crippen LogP contribution in [0.1, 0.15) is 27.9 Å². The minimum Gasteiger partial charge on any atom is -0.384 e. The molecule has 2 heteroatoms. The SMILES string of the molecule is C=Cc1cc(C)c2c(c1)C(=O)CCN2. The number of nitrogens with one attached hydrogen (secondary N) is 1. The van der Waals surface area contributed by atoms with E-state index in [1.54, 1.807) is 6.08 Å². The van der Waals surface area contributed by atoms with E-state index in [4.69, 9.17) is 0 Å². The van der Waals surface area contributed by atoms with Crippen LogP contribution in [0, 0.1) is 6.92 Å². The molecule has 0 fully saturated rings. The van der Waals surface area contributed by atoms with Crippen molar-refractivity contribution in [2.75, 3.05) is 11.9 Å². The van der Waals surface area contributed by atoms with Crippen LogP contribution in [0.3, 0.4) is 0 Å². The largest absolute Gasteiger partial charge is 0.384 e. The maximum absolute atomic E-state index is 11.6. The van der Waals surface area contributed by atoms with Crippen LogP contribution in [0.25, 0.3) is 6.08 Å². The highest BCUT2D eigenvalue weighted by Gasteiger charge is 2.18. The van der Waals surface area contributed by atoms with Crippen LogP contribution in [0.5, 0.6) is 0 Å². The van der Waals surface area contributed by atoms with E-state index >= 15 is 0 Å². The second-order valence-corrected chi connectivity index (χ2v) is 3.56. The number of aryl methyl sites for hydroxylation is 1. The maximum atomic E-state index is 11.6. The molecule has 0 aromatic heterocycles. The number of carbonyl (C=O) groups is 1. The molecular formula is C12H13NO. The van der Waals surface area contributed by atoms with E-state index < -0.39 is 0 Å². The summed E-state index contributed by atoms with van der Waals surface area (Å²) >= 11 is 0. The lowest BCUT2D eigenvalue weighted by atomic mass is 9.96. The highest BCUT2D eigenvalue weighted by molar-refractivity contribution is 6.04. The number of anilines is 1. The van der Waals surface area contributed by atoms with Crippen LogP contribution >= 0.6 is 0 Å². The zero-order valence-electron chi connectivity index (χ0n) is 8.26. The molecule has 0 atom stereocenters. The number of Topliss-reactive ketones (excluding diaryl/α,β-unsaturated/α-hetero) is 1. The van der Waals surface area contributed by atoms with Crippen molar-refractivity contribution in [3.63, 3.8) is 0 Å². The fourth-order valence-electron chi connectivity index (χ4n) is 1.82. The quantitative estimate of drug-likeness (QED) is 0.732. The smallest absolute Gasteiger partial charge is 0.166 e. The molecule has 0 saturated carbocycles. The molecule has 72 valence electrons. The molecule has 1 aliphatic rings. The van der Waals surface area contributed by atoms with Crippen LogP contribution in [0.15, 0.2) is 18.7 Å². The van der Waals surface area contributed by atoms with Crippen LogP contribution in [0.4, 0.5) is 5.69 Å². The normalized spacial score (nSPS) is 14.5. The molecule has 0 aliphatic carbocycles. The van der Waals surface area contributed by atoms with Gasteiger partial charge in [-0.05, 0) is 30.2 Å². The second kappa shape index (κ2) is 3.29. The molecule has 1 heterocycles. The Morgan fingerprint density at radius 2 is 2.29 bits per heavy atom. The first-order valence-corrected chi connectivity index (χ1v) is 4.76. The van der Waals surface area contributed by atoms with Gasteiger partial charge in [-0.1, -0.05) is 12.7 Å². The van der Waals surface area contributed by atoms with E-state index in [0.717, 1.165) is 28.9 Å². The van der Waals surface area contributed by atoms with Crippen molar-refractivity contribution in [3.8, 4) is 0 Å². The molecule has 1 aromatic carbocycles. The summed E-state index contributed by atoms with van der Waals surface area (Å²) in [6.07, 6.45) is 2.36. The number of benzene rings is 1. The molecule has 1 aliphatic heterocycles. The molecule has 0 spiro atoms. The third-order valence-electron chi connectivity index (χ3n) is 2.55. The fourth-order valence-corrected chi connectivity index (χ4v) is 1.82. The van der Waals surface area contributed by atoms with Gasteiger partial charge in [0, 0.05) is 24.2 Å². The van der Waals surface area contributed by atoms with Gasteiger partial charge in [0.1, 0.15) is 0 Å². The van der Waals surface area contributed by atoms with Crippen molar-refractivity contribution in [1.82, 2.24) is 0 Å². The summed E-state index contributed by atoms with van der Waals surface area (Å²) in [4.78, 5) is 11.6. The minimum absolute atomic E-state index is 0.227. The molecule has 2 rings (SSSR count). The molecule has 1 aromatic rings. The Morgan fingerprint density at radius 1 is 1.50 bits per heavy atom. The Morgan fingerprint density at radius 3 is 3.00 bits per heavy atom. The van der Waals surface area contributed by atoms with Crippen molar-refractivity contribution in [3.05, 3.63) is 35.4 Å². The van der Waals surface area contributed by atoms with Gasteiger partial charge in [0.15, 0.2) is 5.78 Å². The standard InChI is InChI=1S/C12H13NO/c1-3-9-6-8(2)12-10(7-9)11(14)4-5-13-12/h3,6-7,13H,1,4-5H2,2H3. The van der Waals surface area contributed by atoms with E-state index in [1.165, 1.54) is 0 Å². The number of hydrogen-bond donors (Lipinski definition) is 1. The molecule has 2 nitrogen and oxygen atoms in total. The lowest BCUT2D eigenvalue weighted by molar-refractivity contribution is 0.0983. The first-order chi connectivity index (χ1) is 6.72. The van der Waals surface area contributed by atoms with Crippen LogP contribution < -0.4 is 5.32 Å². The zero-order chi connectivity index (χ0) is 10.1. The third kappa shape index (κ3) is 1.33. The predicted octanol–water partition coefficient (Wildman–Crippen LogP) is 2.64. The Bertz CT molecular complexity index is 407. The number of fused-ring (bicyclic) bond motifs is 1. The zero-order valence-corrected chi connectivity index (χ0v) is 8.26. The van der Waals surface area contributed by atoms with Gasteiger partial charge in [-0.3, -0.25) is 4.79 Å². The molecular weight excluding hydrogens is 174 g/mol. The number of carbonyl (C=O) groups excluding carboxylic acids is 1. The lowest BCUT2D eigenvalue weighted by Crippen LogP contribution is -2.19. The Balaban J connectivity index is 2.62. The average molecular weight is 187 g/mol. The van der Waals surface area contributed by atoms with Gasteiger partial charge in [0.25, 0.3) is 0 Å². The van der Waals surface area contributed by atoms with Crippen molar-refractivity contribution in [2.45, 2.75) is 13.3 Å². The lowest BCUT2D eigenvalue weighted by Gasteiger charge is -2.19. The van der Waals surface area contributed by atoms with Gasteiger partial charge in [-0.25, -0.2) is 0 Å². The highest BCUT2D eigenvalue weighted by atomic mass is 16.1. The van der Waals surface area contributed by atoms with Gasteiger partial charge in [0.2, 0.25) is 0 Å². The molecule has 0 unspecified atom stereocenters. The summed E-state index contributed by atoms with van der Waals surface area (Å²) in [6, 6.07) is 3.95.